The molecule has 0 amide bonds. The molecule has 1 radical (unpaired) electrons. The fraction of sp³-hybridized carbons (Fsp3) is 0.600. The number of hydrogen-bond acceptors (Lipinski definition) is 0. The van der Waals surface area contributed by atoms with Gasteiger partial charge in [-0.1, -0.05) is 0 Å². The molecule has 0 nitrogen and oxygen atoms in total. The van der Waals surface area contributed by atoms with Gasteiger partial charge in [0, 0.05) is 0 Å². The zero-order valence-corrected chi connectivity index (χ0v) is 17.0. The van der Waals surface area contributed by atoms with E-state index in [1.165, 1.54) is 42.1 Å². The molecule has 0 fully saturated rings. The van der Waals surface area contributed by atoms with Gasteiger partial charge >= 0.3 is 140 Å². The Morgan fingerprint density at radius 3 is 2.10 bits per heavy atom. The molecule has 0 aliphatic heterocycles. The molecule has 0 aliphatic rings. The van der Waals surface area contributed by atoms with Crippen molar-refractivity contribution in [3.63, 3.8) is 0 Å². The van der Waals surface area contributed by atoms with Crippen molar-refractivity contribution in [2.24, 2.45) is 5.92 Å². The molecule has 1 rings (SSSR count). The Balaban J connectivity index is 2.58. The van der Waals surface area contributed by atoms with Crippen LogP contribution in [0.15, 0.2) is 30.3 Å². The Hall–Kier alpha value is -0.421. The molecule has 0 aliphatic carbocycles. The van der Waals surface area contributed by atoms with Crippen LogP contribution in [0.1, 0.15) is 58.4 Å². The van der Waals surface area contributed by atoms with E-state index < -0.39 is 19.8 Å². The molecule has 21 heavy (non-hydrogen) atoms. The minimum absolute atomic E-state index is 0.647. The first kappa shape index (κ1) is 18.6. The summed E-state index contributed by atoms with van der Waals surface area (Å²) in [5.41, 5.74) is 1.17. The van der Waals surface area contributed by atoms with Crippen LogP contribution >= 0.6 is 0 Å². The molecule has 0 spiro atoms. The van der Waals surface area contributed by atoms with Gasteiger partial charge in [-0.05, 0) is 0 Å². The monoisotopic (exact) mass is 391 g/mol. The third-order valence-corrected chi connectivity index (χ3v) is 13.1. The van der Waals surface area contributed by atoms with Crippen LogP contribution in [0.3, 0.4) is 0 Å². The van der Waals surface area contributed by atoms with E-state index in [1.54, 1.807) is 8.87 Å². The summed E-state index contributed by atoms with van der Waals surface area (Å²) < 4.78 is 4.66. The third-order valence-electron chi connectivity index (χ3n) is 3.99. The SMILES string of the molecule is CCC[CH2][Sn]([CH2]CCC)[CH2]C(C#Cc1ccccc1)CC. The van der Waals surface area contributed by atoms with Crippen molar-refractivity contribution in [2.75, 3.05) is 0 Å². The summed E-state index contributed by atoms with van der Waals surface area (Å²) in [5, 5.41) is 0. The maximum absolute atomic E-state index is 3.57. The molecule has 0 heterocycles. The Labute approximate surface area is 139 Å². The molecule has 0 saturated carbocycles. The Morgan fingerprint density at radius 1 is 0.952 bits per heavy atom. The first-order chi connectivity index (χ1) is 10.3. The van der Waals surface area contributed by atoms with Crippen LogP contribution in [0.2, 0.25) is 13.3 Å². The van der Waals surface area contributed by atoms with Gasteiger partial charge in [0.2, 0.25) is 0 Å². The van der Waals surface area contributed by atoms with Crippen molar-refractivity contribution in [3.8, 4) is 11.8 Å². The minimum atomic E-state index is -1.17. The van der Waals surface area contributed by atoms with Gasteiger partial charge in [-0.2, -0.15) is 0 Å². The first-order valence-electron chi connectivity index (χ1n) is 8.70. The van der Waals surface area contributed by atoms with E-state index in [2.05, 4.69) is 62.9 Å². The van der Waals surface area contributed by atoms with Crippen molar-refractivity contribution in [1.29, 1.82) is 0 Å². The first-order valence-corrected chi connectivity index (χ1v) is 14.8. The van der Waals surface area contributed by atoms with Crippen LogP contribution in [0.4, 0.5) is 0 Å². The van der Waals surface area contributed by atoms with Crippen LogP contribution in [-0.4, -0.2) is 19.8 Å². The van der Waals surface area contributed by atoms with Gasteiger partial charge in [0.25, 0.3) is 0 Å². The van der Waals surface area contributed by atoms with E-state index in [4.69, 9.17) is 0 Å². The standard InChI is InChI=1S/C12H13.2C4H9.Sn/c1-3-11(2)9-10-12-7-5-4-6-8-12;2*1-3-4-2;/h4-8,11H,2-3H2,1H3;2*1,3-4H2,2H3;. The predicted octanol–water partition coefficient (Wildman–Crippen LogP) is 6.16. The van der Waals surface area contributed by atoms with Gasteiger partial charge in [-0.25, -0.2) is 0 Å². The van der Waals surface area contributed by atoms with Gasteiger partial charge in [0.05, 0.1) is 0 Å². The van der Waals surface area contributed by atoms with E-state index in [0.717, 1.165) is 0 Å². The fourth-order valence-electron chi connectivity index (χ4n) is 2.54. The van der Waals surface area contributed by atoms with Crippen molar-refractivity contribution < 1.29 is 0 Å². The van der Waals surface area contributed by atoms with Crippen LogP contribution < -0.4 is 0 Å². The number of unbranched alkanes of at least 4 members (excludes halogenated alkanes) is 2. The molecule has 0 bridgehead atoms. The molecule has 1 aromatic rings. The average molecular weight is 390 g/mol. The third kappa shape index (κ3) is 8.56. The van der Waals surface area contributed by atoms with Crippen molar-refractivity contribution in [3.05, 3.63) is 35.9 Å². The van der Waals surface area contributed by atoms with Crippen LogP contribution in [0.5, 0.6) is 0 Å². The molecule has 1 atom stereocenters. The summed E-state index contributed by atoms with van der Waals surface area (Å²) in [6.07, 6.45) is 6.87. The molecule has 1 unspecified atom stereocenters. The van der Waals surface area contributed by atoms with Crippen molar-refractivity contribution in [2.45, 2.75) is 66.2 Å². The second-order valence-electron chi connectivity index (χ2n) is 5.90. The topological polar surface area (TPSA) is 0 Å². The van der Waals surface area contributed by atoms with Crippen LogP contribution in [0.25, 0.3) is 0 Å². The van der Waals surface area contributed by atoms with E-state index in [9.17, 15) is 0 Å². The van der Waals surface area contributed by atoms with E-state index >= 15 is 0 Å². The summed E-state index contributed by atoms with van der Waals surface area (Å²) in [7, 11) is 0. The molecule has 0 aromatic heterocycles. The van der Waals surface area contributed by atoms with E-state index in [0.29, 0.717) is 5.92 Å². The Morgan fingerprint density at radius 2 is 1.57 bits per heavy atom. The van der Waals surface area contributed by atoms with Gasteiger partial charge in [-0.15, -0.1) is 0 Å². The predicted molar refractivity (Wildman–Crippen MR) is 97.1 cm³/mol. The van der Waals surface area contributed by atoms with Gasteiger partial charge in [-0.3, -0.25) is 0 Å². The average Bonchev–Trinajstić information content (AvgIpc) is 2.54. The maximum atomic E-state index is 3.57. The van der Waals surface area contributed by atoms with Crippen molar-refractivity contribution >= 4 is 19.8 Å². The zero-order valence-electron chi connectivity index (χ0n) is 14.1. The molecular formula is C20H31Sn. The zero-order chi connectivity index (χ0) is 15.3. The van der Waals surface area contributed by atoms with Gasteiger partial charge in [0.15, 0.2) is 0 Å². The number of benzene rings is 1. The fourth-order valence-corrected chi connectivity index (χ4v) is 12.4. The quantitative estimate of drug-likeness (QED) is 0.350. The molecule has 0 N–H and O–H groups in total. The number of hydrogen-bond donors (Lipinski definition) is 0. The Kier molecular flexibility index (Phi) is 10.8. The van der Waals surface area contributed by atoms with Crippen LogP contribution in [0, 0.1) is 17.8 Å². The summed E-state index contributed by atoms with van der Waals surface area (Å²) in [4.78, 5) is 0. The van der Waals surface area contributed by atoms with E-state index in [1.807, 2.05) is 0 Å². The molecule has 1 heteroatoms. The summed E-state index contributed by atoms with van der Waals surface area (Å²) >= 11 is -1.17. The Bertz CT molecular complexity index is 404. The molecule has 0 saturated heterocycles. The summed E-state index contributed by atoms with van der Waals surface area (Å²) in [5.74, 6) is 7.61. The van der Waals surface area contributed by atoms with Crippen molar-refractivity contribution in [1.82, 2.24) is 0 Å². The second-order valence-corrected chi connectivity index (χ2v) is 14.2. The summed E-state index contributed by atoms with van der Waals surface area (Å²) in [6, 6.07) is 10.5. The summed E-state index contributed by atoms with van der Waals surface area (Å²) in [6.45, 7) is 6.96. The van der Waals surface area contributed by atoms with E-state index in [-0.39, 0.29) is 0 Å². The molecule has 1 aromatic carbocycles. The number of rotatable bonds is 9. The van der Waals surface area contributed by atoms with Gasteiger partial charge in [0.1, 0.15) is 0 Å². The van der Waals surface area contributed by atoms with Crippen LogP contribution in [-0.2, 0) is 0 Å². The second kappa shape index (κ2) is 12.2. The normalized spacial score (nSPS) is 12.0. The van der Waals surface area contributed by atoms with Gasteiger partial charge < -0.3 is 0 Å². The molecular weight excluding hydrogens is 359 g/mol. The molecule has 115 valence electrons.